The Balaban J connectivity index is 0.00000196. The van der Waals surface area contributed by atoms with Crippen LogP contribution in [0.3, 0.4) is 0 Å². The van der Waals surface area contributed by atoms with E-state index in [4.69, 9.17) is 5.73 Å². The Kier molecular flexibility index (Phi) is 5.69. The maximum absolute atomic E-state index is 9.39. The Morgan fingerprint density at radius 2 is 1.73 bits per heavy atom. The third-order valence-corrected chi connectivity index (χ3v) is 2.55. The number of halogens is 1. The molecule has 3 N–H and O–H groups in total. The third kappa shape index (κ3) is 3.40. The molecule has 2 nitrogen and oxygen atoms in total. The van der Waals surface area contributed by atoms with Crippen molar-refractivity contribution in [1.29, 1.82) is 0 Å². The van der Waals surface area contributed by atoms with E-state index in [-0.39, 0.29) is 18.4 Å². The summed E-state index contributed by atoms with van der Waals surface area (Å²) in [6, 6.07) is 3.65. The zero-order valence-electron chi connectivity index (χ0n) is 9.58. The maximum Gasteiger partial charge on any atom is 0.116 e. The first-order chi connectivity index (χ1) is 6.56. The standard InChI is InChI=1S/C12H19NO.ClH/c1-4-5-11(13)12-8(2)6-10(14)7-9(12)3;/h6-7,11,14H,4-5,13H2,1-3H3;1H/t11-;/m0./s1. The van der Waals surface area contributed by atoms with Gasteiger partial charge in [0, 0.05) is 6.04 Å². The molecule has 0 fully saturated rings. The largest absolute Gasteiger partial charge is 0.508 e. The first-order valence-corrected chi connectivity index (χ1v) is 5.12. The zero-order valence-corrected chi connectivity index (χ0v) is 10.4. The van der Waals surface area contributed by atoms with E-state index in [1.54, 1.807) is 12.1 Å². The molecule has 0 saturated heterocycles. The number of phenols is 1. The highest BCUT2D eigenvalue weighted by Gasteiger charge is 2.11. The summed E-state index contributed by atoms with van der Waals surface area (Å²) in [6.45, 7) is 6.13. The smallest absolute Gasteiger partial charge is 0.116 e. The summed E-state index contributed by atoms with van der Waals surface area (Å²) in [4.78, 5) is 0. The second-order valence-electron chi connectivity index (χ2n) is 3.89. The lowest BCUT2D eigenvalue weighted by Gasteiger charge is -2.17. The molecule has 0 saturated carbocycles. The molecule has 0 aliphatic rings. The van der Waals surface area contributed by atoms with Gasteiger partial charge in [0.25, 0.3) is 0 Å². The summed E-state index contributed by atoms with van der Waals surface area (Å²) >= 11 is 0. The number of aromatic hydroxyl groups is 1. The van der Waals surface area contributed by atoms with Gasteiger partial charge in [0.2, 0.25) is 0 Å². The number of hydrogen-bond donors (Lipinski definition) is 2. The van der Waals surface area contributed by atoms with Gasteiger partial charge in [0.15, 0.2) is 0 Å². The molecule has 1 atom stereocenters. The van der Waals surface area contributed by atoms with Gasteiger partial charge in [-0.3, -0.25) is 0 Å². The summed E-state index contributed by atoms with van der Waals surface area (Å²) < 4.78 is 0. The van der Waals surface area contributed by atoms with E-state index in [1.807, 2.05) is 13.8 Å². The molecule has 0 aliphatic carbocycles. The number of phenolic OH excluding ortho intramolecular Hbond substituents is 1. The minimum atomic E-state index is 0. The molecule has 0 aromatic heterocycles. The first-order valence-electron chi connectivity index (χ1n) is 5.12. The SMILES string of the molecule is CCC[C@H](N)c1c(C)cc(O)cc1C.Cl. The van der Waals surface area contributed by atoms with Gasteiger partial charge in [-0.15, -0.1) is 12.4 Å². The van der Waals surface area contributed by atoms with Crippen LogP contribution in [0.25, 0.3) is 0 Å². The van der Waals surface area contributed by atoms with Crippen LogP contribution in [-0.4, -0.2) is 5.11 Å². The Morgan fingerprint density at radius 1 is 1.27 bits per heavy atom. The van der Waals surface area contributed by atoms with Gasteiger partial charge in [0.1, 0.15) is 5.75 Å². The van der Waals surface area contributed by atoms with Crippen molar-refractivity contribution in [3.05, 3.63) is 28.8 Å². The molecule has 86 valence electrons. The second kappa shape index (κ2) is 5.99. The molecule has 1 aromatic carbocycles. The second-order valence-corrected chi connectivity index (χ2v) is 3.89. The van der Waals surface area contributed by atoms with Gasteiger partial charge in [-0.05, 0) is 49.1 Å². The lowest BCUT2D eigenvalue weighted by molar-refractivity contribution is 0.473. The van der Waals surface area contributed by atoms with Crippen LogP contribution in [0.4, 0.5) is 0 Å². The molecular formula is C12H20ClNO. The molecule has 3 heteroatoms. The van der Waals surface area contributed by atoms with Gasteiger partial charge in [0.05, 0.1) is 0 Å². The minimum Gasteiger partial charge on any atom is -0.508 e. The number of aryl methyl sites for hydroxylation is 2. The van der Waals surface area contributed by atoms with Gasteiger partial charge < -0.3 is 10.8 Å². The highest BCUT2D eigenvalue weighted by atomic mass is 35.5. The van der Waals surface area contributed by atoms with Gasteiger partial charge in [-0.1, -0.05) is 13.3 Å². The van der Waals surface area contributed by atoms with Crippen LogP contribution >= 0.6 is 12.4 Å². The van der Waals surface area contributed by atoms with E-state index in [1.165, 1.54) is 5.56 Å². The van der Waals surface area contributed by atoms with E-state index in [0.717, 1.165) is 24.0 Å². The molecule has 0 radical (unpaired) electrons. The monoisotopic (exact) mass is 229 g/mol. The fourth-order valence-corrected chi connectivity index (χ4v) is 1.99. The van der Waals surface area contributed by atoms with Crippen LogP contribution in [-0.2, 0) is 0 Å². The Labute approximate surface area is 97.9 Å². The van der Waals surface area contributed by atoms with Crippen molar-refractivity contribution < 1.29 is 5.11 Å². The molecule has 0 unspecified atom stereocenters. The van der Waals surface area contributed by atoms with Crippen molar-refractivity contribution in [2.75, 3.05) is 0 Å². The van der Waals surface area contributed by atoms with E-state index in [9.17, 15) is 5.11 Å². The Hall–Kier alpha value is -0.730. The average Bonchev–Trinajstić information content (AvgIpc) is 2.01. The lowest BCUT2D eigenvalue weighted by Crippen LogP contribution is -2.12. The number of rotatable bonds is 3. The normalized spacial score (nSPS) is 12.0. The van der Waals surface area contributed by atoms with Crippen molar-refractivity contribution in [3.63, 3.8) is 0 Å². The van der Waals surface area contributed by atoms with Crippen LogP contribution < -0.4 is 5.73 Å². The molecule has 0 spiro atoms. The topological polar surface area (TPSA) is 46.2 Å². The molecule has 15 heavy (non-hydrogen) atoms. The van der Waals surface area contributed by atoms with Gasteiger partial charge >= 0.3 is 0 Å². The Morgan fingerprint density at radius 3 is 2.13 bits per heavy atom. The average molecular weight is 230 g/mol. The Bertz CT molecular complexity index is 302. The van der Waals surface area contributed by atoms with Crippen LogP contribution in [0, 0.1) is 13.8 Å². The number of nitrogens with two attached hydrogens (primary N) is 1. The lowest BCUT2D eigenvalue weighted by atomic mass is 9.94. The number of benzene rings is 1. The van der Waals surface area contributed by atoms with Crippen LogP contribution in [0.15, 0.2) is 12.1 Å². The summed E-state index contributed by atoms with van der Waals surface area (Å²) in [7, 11) is 0. The molecule has 0 aliphatic heterocycles. The summed E-state index contributed by atoms with van der Waals surface area (Å²) in [5, 5.41) is 9.39. The molecule has 0 amide bonds. The van der Waals surface area contributed by atoms with Crippen molar-refractivity contribution in [1.82, 2.24) is 0 Å². The van der Waals surface area contributed by atoms with Gasteiger partial charge in [-0.25, -0.2) is 0 Å². The molecule has 1 aromatic rings. The van der Waals surface area contributed by atoms with Crippen molar-refractivity contribution in [3.8, 4) is 5.75 Å². The highest BCUT2D eigenvalue weighted by Crippen LogP contribution is 2.27. The van der Waals surface area contributed by atoms with Crippen LogP contribution in [0.5, 0.6) is 5.75 Å². The minimum absolute atomic E-state index is 0. The van der Waals surface area contributed by atoms with Crippen molar-refractivity contribution in [2.45, 2.75) is 39.7 Å². The fraction of sp³-hybridized carbons (Fsp3) is 0.500. The van der Waals surface area contributed by atoms with Gasteiger partial charge in [-0.2, -0.15) is 0 Å². The van der Waals surface area contributed by atoms with Crippen molar-refractivity contribution >= 4 is 12.4 Å². The molecular weight excluding hydrogens is 210 g/mol. The van der Waals surface area contributed by atoms with Crippen LogP contribution in [0.2, 0.25) is 0 Å². The maximum atomic E-state index is 9.39. The summed E-state index contributed by atoms with van der Waals surface area (Å²) in [5.74, 6) is 0.326. The zero-order chi connectivity index (χ0) is 10.7. The predicted molar refractivity (Wildman–Crippen MR) is 66.7 cm³/mol. The van der Waals surface area contributed by atoms with E-state index in [0.29, 0.717) is 5.75 Å². The summed E-state index contributed by atoms with van der Waals surface area (Å²) in [5.41, 5.74) is 9.43. The molecule has 0 heterocycles. The summed E-state index contributed by atoms with van der Waals surface area (Å²) in [6.07, 6.45) is 2.08. The third-order valence-electron chi connectivity index (χ3n) is 2.55. The quantitative estimate of drug-likeness (QED) is 0.836. The fourth-order valence-electron chi connectivity index (χ4n) is 1.99. The van der Waals surface area contributed by atoms with E-state index >= 15 is 0 Å². The first kappa shape index (κ1) is 14.3. The van der Waals surface area contributed by atoms with Crippen molar-refractivity contribution in [2.24, 2.45) is 5.73 Å². The molecule has 1 rings (SSSR count). The predicted octanol–water partition coefficient (Wildman–Crippen LogP) is 3.23. The van der Waals surface area contributed by atoms with Crippen LogP contribution in [0.1, 0.15) is 42.5 Å². The number of hydrogen-bond acceptors (Lipinski definition) is 2. The van der Waals surface area contributed by atoms with E-state index in [2.05, 4.69) is 6.92 Å². The molecule has 0 bridgehead atoms. The van der Waals surface area contributed by atoms with E-state index < -0.39 is 0 Å². The highest BCUT2D eigenvalue weighted by molar-refractivity contribution is 5.85.